The molecule has 1 N–H and O–H groups in total. The Morgan fingerprint density at radius 3 is 2.46 bits per heavy atom. The molecule has 2 aliphatic heterocycles. The summed E-state index contributed by atoms with van der Waals surface area (Å²) in [6.45, 7) is 1.99. The molecule has 1 saturated heterocycles. The maximum absolute atomic E-state index is 13.3. The number of nitrogens with zero attached hydrogens (tertiary/aromatic N) is 1. The van der Waals surface area contributed by atoms with Crippen molar-refractivity contribution in [3.8, 4) is 5.75 Å². The smallest absolute Gasteiger partial charge is 0.334 e. The van der Waals surface area contributed by atoms with Crippen LogP contribution < -0.4 is 9.64 Å². The molecule has 1 fully saturated rings. The first kappa shape index (κ1) is 19.0. The molecular weight excluding hydrogens is 394 g/mol. The van der Waals surface area contributed by atoms with E-state index in [4.69, 9.17) is 4.74 Å². The van der Waals surface area contributed by atoms with Crippen molar-refractivity contribution < 1.29 is 19.4 Å². The number of carboxylic acids is 1. The van der Waals surface area contributed by atoms with Crippen molar-refractivity contribution in [3.63, 3.8) is 0 Å². The van der Waals surface area contributed by atoms with E-state index in [2.05, 4.69) is 0 Å². The fraction of sp³-hybridized carbons (Fsp3) is 0.238. The van der Waals surface area contributed by atoms with Crippen molar-refractivity contribution in [1.29, 1.82) is 0 Å². The van der Waals surface area contributed by atoms with Crippen molar-refractivity contribution in [2.75, 3.05) is 17.8 Å². The van der Waals surface area contributed by atoms with Crippen molar-refractivity contribution in [2.24, 2.45) is 0 Å². The third kappa shape index (κ3) is 2.72. The fourth-order valence-corrected chi connectivity index (χ4v) is 6.92. The Morgan fingerprint density at radius 1 is 1.21 bits per heavy atom. The summed E-state index contributed by atoms with van der Waals surface area (Å²) < 4.78 is 4.37. The minimum atomic E-state index is -0.985. The first-order valence-electron chi connectivity index (χ1n) is 8.87. The summed E-state index contributed by atoms with van der Waals surface area (Å²) in [5.41, 5.74) is 1.79. The summed E-state index contributed by atoms with van der Waals surface area (Å²) in [5, 5.41) is 10.0. The van der Waals surface area contributed by atoms with Gasteiger partial charge in [0.15, 0.2) is 4.08 Å². The second-order valence-corrected chi connectivity index (χ2v) is 9.42. The highest BCUT2D eigenvalue weighted by Crippen LogP contribution is 2.64. The van der Waals surface area contributed by atoms with E-state index in [1.165, 1.54) is 23.5 Å². The highest BCUT2D eigenvalue weighted by molar-refractivity contribution is 8.24. The lowest BCUT2D eigenvalue weighted by Gasteiger charge is -2.51. The van der Waals surface area contributed by atoms with Crippen LogP contribution in [0.3, 0.4) is 0 Å². The third-order valence-corrected chi connectivity index (χ3v) is 7.96. The van der Waals surface area contributed by atoms with Gasteiger partial charge in [0.05, 0.1) is 12.7 Å². The first-order chi connectivity index (χ1) is 13.5. The van der Waals surface area contributed by atoms with Gasteiger partial charge in [0.1, 0.15) is 11.8 Å². The average molecular weight is 414 g/mol. The minimum absolute atomic E-state index is 0.0656. The molecule has 144 valence electrons. The van der Waals surface area contributed by atoms with E-state index in [-0.39, 0.29) is 11.5 Å². The molecule has 1 amide bonds. The van der Waals surface area contributed by atoms with Gasteiger partial charge in [-0.1, -0.05) is 49.0 Å². The molecular formula is C21H19NO4S2. The van der Waals surface area contributed by atoms with Gasteiger partial charge in [-0.05, 0) is 35.6 Å². The van der Waals surface area contributed by atoms with E-state index >= 15 is 0 Å². The zero-order chi connectivity index (χ0) is 19.9. The zero-order valence-electron chi connectivity index (χ0n) is 15.4. The lowest BCUT2D eigenvalue weighted by molar-refractivity contribution is -0.133. The van der Waals surface area contributed by atoms with Gasteiger partial charge in [-0.3, -0.25) is 9.69 Å². The largest absolute Gasteiger partial charge is 0.497 e. The maximum Gasteiger partial charge on any atom is 0.334 e. The Morgan fingerprint density at radius 2 is 1.89 bits per heavy atom. The first-order valence-corrected chi connectivity index (χ1v) is 10.7. The van der Waals surface area contributed by atoms with E-state index < -0.39 is 16.1 Å². The molecule has 2 heterocycles. The van der Waals surface area contributed by atoms with Crippen LogP contribution in [0.2, 0.25) is 0 Å². The Bertz CT molecular complexity index is 958. The monoisotopic (exact) mass is 413 g/mol. The van der Waals surface area contributed by atoms with Crippen LogP contribution in [0.15, 0.2) is 60.2 Å². The van der Waals surface area contributed by atoms with Gasteiger partial charge in [-0.15, -0.1) is 11.8 Å². The molecule has 0 spiro atoms. The van der Waals surface area contributed by atoms with Crippen LogP contribution in [-0.2, 0) is 9.59 Å². The van der Waals surface area contributed by atoms with E-state index in [0.717, 1.165) is 11.3 Å². The SMILES string of the molecule is CCS[C@]12SC(c3ccccc3)=C(C(=O)O)[C@H]1N(c1ccc(OC)cc1)C2=O. The van der Waals surface area contributed by atoms with Crippen LogP contribution in [0.5, 0.6) is 5.75 Å². The number of carbonyl (C=O) groups excluding carboxylic acids is 1. The quantitative estimate of drug-likeness (QED) is 0.719. The second kappa shape index (κ2) is 7.22. The molecule has 0 aromatic heterocycles. The summed E-state index contributed by atoms with van der Waals surface area (Å²) in [6, 6.07) is 16.1. The van der Waals surface area contributed by atoms with Crippen LogP contribution in [-0.4, -0.2) is 40.0 Å². The summed E-state index contributed by atoms with van der Waals surface area (Å²) in [7, 11) is 1.58. The number of carboxylic acid groups (broad SMARTS) is 1. The topological polar surface area (TPSA) is 66.8 Å². The highest BCUT2D eigenvalue weighted by Gasteiger charge is 2.69. The molecule has 0 bridgehead atoms. The molecule has 2 aromatic carbocycles. The van der Waals surface area contributed by atoms with Gasteiger partial charge in [0.25, 0.3) is 5.91 Å². The molecule has 0 radical (unpaired) electrons. The molecule has 2 aromatic rings. The van der Waals surface area contributed by atoms with E-state index in [9.17, 15) is 14.7 Å². The summed E-state index contributed by atoms with van der Waals surface area (Å²) in [4.78, 5) is 27.8. The Kier molecular flexibility index (Phi) is 4.89. The molecule has 4 rings (SSSR count). The number of hydrogen-bond acceptors (Lipinski definition) is 5. The van der Waals surface area contributed by atoms with E-state index in [1.807, 2.05) is 37.3 Å². The predicted octanol–water partition coefficient (Wildman–Crippen LogP) is 4.10. The molecule has 5 nitrogen and oxygen atoms in total. The van der Waals surface area contributed by atoms with Crippen LogP contribution in [0, 0.1) is 0 Å². The van der Waals surface area contributed by atoms with Gasteiger partial charge in [-0.2, -0.15) is 0 Å². The Hall–Kier alpha value is -2.38. The van der Waals surface area contributed by atoms with Gasteiger partial charge >= 0.3 is 5.97 Å². The van der Waals surface area contributed by atoms with Crippen LogP contribution in [0.25, 0.3) is 4.91 Å². The number of β-lactam (4-membered cyclic amide) rings is 1. The lowest BCUT2D eigenvalue weighted by Crippen LogP contribution is -2.70. The molecule has 2 aliphatic rings. The Labute approximate surface area is 171 Å². The highest BCUT2D eigenvalue weighted by atomic mass is 32.2. The van der Waals surface area contributed by atoms with Gasteiger partial charge < -0.3 is 9.84 Å². The van der Waals surface area contributed by atoms with Crippen molar-refractivity contribution >= 4 is 46.0 Å². The fourth-order valence-electron chi connectivity index (χ4n) is 3.67. The maximum atomic E-state index is 13.3. The Balaban J connectivity index is 1.83. The third-order valence-electron chi connectivity index (χ3n) is 4.88. The number of anilines is 1. The summed E-state index contributed by atoms with van der Waals surface area (Å²) >= 11 is 2.89. The number of ether oxygens (including phenoxy) is 1. The molecule has 2 atom stereocenters. The average Bonchev–Trinajstić information content (AvgIpc) is 3.01. The van der Waals surface area contributed by atoms with E-state index in [0.29, 0.717) is 16.3 Å². The number of amides is 1. The number of methoxy groups -OCH3 is 1. The van der Waals surface area contributed by atoms with E-state index in [1.54, 1.807) is 36.3 Å². The number of rotatable bonds is 6. The minimum Gasteiger partial charge on any atom is -0.497 e. The van der Waals surface area contributed by atoms with Gasteiger partial charge in [0, 0.05) is 10.6 Å². The lowest BCUT2D eigenvalue weighted by atomic mass is 9.90. The van der Waals surface area contributed by atoms with Crippen molar-refractivity contribution in [3.05, 3.63) is 65.7 Å². The summed E-state index contributed by atoms with van der Waals surface area (Å²) in [5.74, 6) is 0.358. The predicted molar refractivity (Wildman–Crippen MR) is 114 cm³/mol. The molecule has 28 heavy (non-hydrogen) atoms. The van der Waals surface area contributed by atoms with Crippen molar-refractivity contribution in [1.82, 2.24) is 0 Å². The van der Waals surface area contributed by atoms with Crippen molar-refractivity contribution in [2.45, 2.75) is 17.0 Å². The van der Waals surface area contributed by atoms with Gasteiger partial charge in [0.2, 0.25) is 0 Å². The summed E-state index contributed by atoms with van der Waals surface area (Å²) in [6.07, 6.45) is 0. The molecule has 0 unspecified atom stereocenters. The van der Waals surface area contributed by atoms with Crippen LogP contribution in [0.1, 0.15) is 12.5 Å². The number of aliphatic carboxylic acids is 1. The zero-order valence-corrected chi connectivity index (χ0v) is 17.0. The standard InChI is InChI=1S/C21H19NO4S2/c1-3-27-21-18(22(20(21)25)14-9-11-15(26-2)12-10-14)16(19(23)24)17(28-21)13-7-5-4-6-8-13/h4-12,18H,3H2,1-2H3,(H,23,24)/t18-,21+/m1/s1. The normalized spacial score (nSPS) is 23.4. The van der Waals surface area contributed by atoms with Crippen LogP contribution in [0.4, 0.5) is 5.69 Å². The molecule has 0 aliphatic carbocycles. The van der Waals surface area contributed by atoms with Crippen LogP contribution >= 0.6 is 23.5 Å². The molecule has 0 saturated carbocycles. The number of thioether (sulfide) groups is 2. The second-order valence-electron chi connectivity index (χ2n) is 6.39. The number of fused-ring (bicyclic) bond motifs is 1. The number of benzene rings is 2. The van der Waals surface area contributed by atoms with Gasteiger partial charge in [-0.25, -0.2) is 4.79 Å². The molecule has 7 heteroatoms. The number of hydrogen-bond donors (Lipinski definition) is 1. The number of carbonyl (C=O) groups is 2.